The van der Waals surface area contributed by atoms with E-state index in [1.807, 2.05) is 0 Å². The molecule has 0 spiro atoms. The molecule has 0 aromatic heterocycles. The number of nitrogens with one attached hydrogen (secondary N) is 1. The molecule has 2 rings (SSSR count). The summed E-state index contributed by atoms with van der Waals surface area (Å²) in [4.78, 5) is 5.28. The topological polar surface area (TPSA) is 18.5 Å². The van der Waals surface area contributed by atoms with E-state index in [-0.39, 0.29) is 0 Å². The first kappa shape index (κ1) is 14.3. The number of hydrogen-bond donors (Lipinski definition) is 1. The maximum absolute atomic E-state index is 3.73. The van der Waals surface area contributed by atoms with Gasteiger partial charge in [0.1, 0.15) is 0 Å². The maximum atomic E-state index is 3.73. The highest BCUT2D eigenvalue weighted by molar-refractivity contribution is 4.97. The molecule has 0 amide bonds. The van der Waals surface area contributed by atoms with Crippen LogP contribution in [0.4, 0.5) is 0 Å². The van der Waals surface area contributed by atoms with E-state index in [2.05, 4.69) is 49.9 Å². The molecule has 0 aromatic carbocycles. The molecule has 0 aliphatic carbocycles. The number of hydrogen-bond acceptors (Lipinski definition) is 3. The van der Waals surface area contributed by atoms with Crippen LogP contribution in [0.15, 0.2) is 0 Å². The van der Waals surface area contributed by atoms with Gasteiger partial charge in [-0.05, 0) is 53.6 Å². The van der Waals surface area contributed by atoms with Crippen molar-refractivity contribution in [1.29, 1.82) is 0 Å². The van der Waals surface area contributed by atoms with Gasteiger partial charge in [0.2, 0.25) is 0 Å². The monoisotopic (exact) mass is 253 g/mol. The van der Waals surface area contributed by atoms with Gasteiger partial charge >= 0.3 is 0 Å². The average Bonchev–Trinajstić information content (AvgIpc) is 2.36. The summed E-state index contributed by atoms with van der Waals surface area (Å²) < 4.78 is 0. The molecule has 0 bridgehead atoms. The molecule has 2 aliphatic heterocycles. The second kappa shape index (κ2) is 5.48. The van der Waals surface area contributed by atoms with Gasteiger partial charge in [-0.15, -0.1) is 0 Å². The minimum absolute atomic E-state index is 0.319. The lowest BCUT2D eigenvalue weighted by atomic mass is 9.89. The Labute approximate surface area is 113 Å². The van der Waals surface area contributed by atoms with Crippen LogP contribution in [0, 0.1) is 0 Å². The van der Waals surface area contributed by atoms with E-state index in [4.69, 9.17) is 0 Å². The lowest BCUT2D eigenvalue weighted by Gasteiger charge is -2.50. The van der Waals surface area contributed by atoms with Gasteiger partial charge in [-0.25, -0.2) is 0 Å². The van der Waals surface area contributed by atoms with Crippen molar-refractivity contribution in [3.8, 4) is 0 Å². The third-order valence-electron chi connectivity index (χ3n) is 5.35. The van der Waals surface area contributed by atoms with Gasteiger partial charge in [0.15, 0.2) is 0 Å². The number of piperidine rings is 1. The van der Waals surface area contributed by atoms with Crippen molar-refractivity contribution >= 4 is 0 Å². The average molecular weight is 253 g/mol. The summed E-state index contributed by atoms with van der Waals surface area (Å²) in [6.45, 7) is 13.0. The highest BCUT2D eigenvalue weighted by Gasteiger charge is 2.37. The van der Waals surface area contributed by atoms with E-state index < -0.39 is 0 Å². The molecule has 2 fully saturated rings. The van der Waals surface area contributed by atoms with Crippen molar-refractivity contribution in [2.24, 2.45) is 0 Å². The lowest BCUT2D eigenvalue weighted by Crippen LogP contribution is -2.65. The summed E-state index contributed by atoms with van der Waals surface area (Å²) in [6.07, 6.45) is 3.89. The fourth-order valence-corrected chi connectivity index (χ4v) is 3.42. The molecular formula is C15H31N3. The van der Waals surface area contributed by atoms with Crippen LogP contribution in [0.1, 0.15) is 47.0 Å². The van der Waals surface area contributed by atoms with Crippen LogP contribution in [0.3, 0.4) is 0 Å². The van der Waals surface area contributed by atoms with Crippen LogP contribution in [-0.4, -0.2) is 60.1 Å². The number of piperazine rings is 1. The molecule has 106 valence electrons. The van der Waals surface area contributed by atoms with Crippen LogP contribution >= 0.6 is 0 Å². The summed E-state index contributed by atoms with van der Waals surface area (Å²) in [5.74, 6) is 0. The fraction of sp³-hybridized carbons (Fsp3) is 1.00. The van der Waals surface area contributed by atoms with E-state index in [1.165, 1.54) is 32.4 Å². The van der Waals surface area contributed by atoms with Crippen molar-refractivity contribution in [3.63, 3.8) is 0 Å². The highest BCUT2D eigenvalue weighted by atomic mass is 15.3. The smallest absolute Gasteiger partial charge is 0.0278 e. The zero-order chi connectivity index (χ0) is 13.3. The number of likely N-dealkylation sites (tertiary alicyclic amines) is 1. The molecule has 1 N–H and O–H groups in total. The van der Waals surface area contributed by atoms with Crippen LogP contribution in [0.25, 0.3) is 0 Å². The van der Waals surface area contributed by atoms with E-state index in [0.29, 0.717) is 11.6 Å². The molecule has 3 nitrogen and oxygen atoms in total. The Morgan fingerprint density at radius 2 is 2.00 bits per heavy atom. The predicted octanol–water partition coefficient (Wildman–Crippen LogP) is 1.93. The molecule has 2 aliphatic rings. The van der Waals surface area contributed by atoms with Gasteiger partial charge in [0.05, 0.1) is 0 Å². The summed E-state index contributed by atoms with van der Waals surface area (Å²) in [5.41, 5.74) is 0.319. The van der Waals surface area contributed by atoms with Crippen LogP contribution in [-0.2, 0) is 0 Å². The summed E-state index contributed by atoms with van der Waals surface area (Å²) >= 11 is 0. The number of nitrogens with zero attached hydrogens (tertiary/aromatic N) is 2. The van der Waals surface area contributed by atoms with Crippen molar-refractivity contribution in [1.82, 2.24) is 15.1 Å². The van der Waals surface area contributed by atoms with Crippen molar-refractivity contribution in [3.05, 3.63) is 0 Å². The van der Waals surface area contributed by atoms with Crippen LogP contribution in [0.5, 0.6) is 0 Å². The number of rotatable bonds is 2. The largest absolute Gasteiger partial charge is 0.309 e. The lowest BCUT2D eigenvalue weighted by molar-refractivity contribution is 0.0145. The second-order valence-electron chi connectivity index (χ2n) is 6.82. The van der Waals surface area contributed by atoms with Gasteiger partial charge in [0.25, 0.3) is 0 Å². The molecule has 4 atom stereocenters. The van der Waals surface area contributed by atoms with E-state index in [9.17, 15) is 0 Å². The Balaban J connectivity index is 2.02. The van der Waals surface area contributed by atoms with Gasteiger partial charge < -0.3 is 10.2 Å². The Kier molecular flexibility index (Phi) is 4.35. The molecule has 3 heteroatoms. The molecular weight excluding hydrogens is 222 g/mol. The first-order chi connectivity index (χ1) is 8.45. The zero-order valence-corrected chi connectivity index (χ0v) is 12.9. The summed E-state index contributed by atoms with van der Waals surface area (Å²) in [7, 11) is 2.26. The predicted molar refractivity (Wildman–Crippen MR) is 78.0 cm³/mol. The molecule has 0 saturated carbocycles. The molecule has 18 heavy (non-hydrogen) atoms. The SMILES string of the molecule is CCC1(C)CN(C2CCN(C)C(C)C2)C(C)CN1. The van der Waals surface area contributed by atoms with Gasteiger partial charge in [-0.3, -0.25) is 4.90 Å². The first-order valence-electron chi connectivity index (χ1n) is 7.66. The highest BCUT2D eigenvalue weighted by Crippen LogP contribution is 2.27. The van der Waals surface area contributed by atoms with Gasteiger partial charge in [-0.2, -0.15) is 0 Å². The standard InChI is InChI=1S/C15H31N3/c1-6-15(4)11-18(13(3)10-16-15)14-7-8-17(5)12(2)9-14/h12-14,16H,6-11H2,1-5H3. The Morgan fingerprint density at radius 1 is 1.28 bits per heavy atom. The third-order valence-corrected chi connectivity index (χ3v) is 5.35. The second-order valence-corrected chi connectivity index (χ2v) is 6.82. The third kappa shape index (κ3) is 2.89. The molecule has 4 unspecified atom stereocenters. The molecule has 2 saturated heterocycles. The Morgan fingerprint density at radius 3 is 2.61 bits per heavy atom. The minimum Gasteiger partial charge on any atom is -0.309 e. The molecule has 2 heterocycles. The van der Waals surface area contributed by atoms with Crippen molar-refractivity contribution < 1.29 is 0 Å². The quantitative estimate of drug-likeness (QED) is 0.811. The van der Waals surface area contributed by atoms with Gasteiger partial charge in [-0.1, -0.05) is 6.92 Å². The molecule has 0 aromatic rings. The Bertz CT molecular complexity index is 281. The zero-order valence-electron chi connectivity index (χ0n) is 12.9. The molecule has 0 radical (unpaired) electrons. The van der Waals surface area contributed by atoms with Crippen molar-refractivity contribution in [2.45, 2.75) is 70.6 Å². The minimum atomic E-state index is 0.319. The van der Waals surface area contributed by atoms with Crippen molar-refractivity contribution in [2.75, 3.05) is 26.7 Å². The normalized spacial score (nSPS) is 44.2. The van der Waals surface area contributed by atoms with E-state index in [1.54, 1.807) is 0 Å². The van der Waals surface area contributed by atoms with Crippen LogP contribution < -0.4 is 5.32 Å². The van der Waals surface area contributed by atoms with Gasteiger partial charge in [0, 0.05) is 36.8 Å². The first-order valence-corrected chi connectivity index (χ1v) is 7.66. The fourth-order valence-electron chi connectivity index (χ4n) is 3.42. The summed E-state index contributed by atoms with van der Waals surface area (Å²) in [5, 5.41) is 3.73. The van der Waals surface area contributed by atoms with E-state index in [0.717, 1.165) is 18.6 Å². The summed E-state index contributed by atoms with van der Waals surface area (Å²) in [6, 6.07) is 2.21. The van der Waals surface area contributed by atoms with E-state index >= 15 is 0 Å². The maximum Gasteiger partial charge on any atom is 0.0278 e. The Hall–Kier alpha value is -0.120. The van der Waals surface area contributed by atoms with Crippen LogP contribution in [0.2, 0.25) is 0 Å².